The molecule has 0 heterocycles. The molecule has 3 nitrogen and oxygen atoms in total. The Labute approximate surface area is 196 Å². The van der Waals surface area contributed by atoms with E-state index in [1.807, 2.05) is 31.2 Å². The molecule has 34 heavy (non-hydrogen) atoms. The molecular weight excluding hydrogens is 446 g/mol. The van der Waals surface area contributed by atoms with Gasteiger partial charge in [0.05, 0.1) is 6.61 Å². The van der Waals surface area contributed by atoms with Crippen LogP contribution in [0, 0.1) is 23.3 Å². The number of aromatic hydroxyl groups is 1. The van der Waals surface area contributed by atoms with Gasteiger partial charge < -0.3 is 9.84 Å². The average Bonchev–Trinajstić information content (AvgIpc) is 2.80. The van der Waals surface area contributed by atoms with Crippen molar-refractivity contribution in [1.29, 1.82) is 0 Å². The van der Waals surface area contributed by atoms with Crippen LogP contribution in [0.1, 0.15) is 62.8 Å². The van der Waals surface area contributed by atoms with Crippen LogP contribution >= 0.6 is 0 Å². The first-order chi connectivity index (χ1) is 16.0. The van der Waals surface area contributed by atoms with Crippen LogP contribution in [0.4, 0.5) is 23.2 Å². The zero-order chi connectivity index (χ0) is 25.2. The summed E-state index contributed by atoms with van der Waals surface area (Å²) in [6.45, 7) is 9.53. The molecule has 1 N–H and O–H groups in total. The Morgan fingerprint density at radius 2 is 1.53 bits per heavy atom. The molecule has 0 spiro atoms. The molecule has 7 heteroatoms. The Balaban J connectivity index is 1.96. The number of phenols is 1. The van der Waals surface area contributed by atoms with E-state index in [0.717, 1.165) is 11.8 Å². The van der Waals surface area contributed by atoms with Gasteiger partial charge >= 0.3 is 0 Å². The summed E-state index contributed by atoms with van der Waals surface area (Å²) in [5.74, 6) is -8.17. The predicted octanol–water partition coefficient (Wildman–Crippen LogP) is 7.55. The number of halogens is 4. The number of nitrogens with zero attached hydrogens (tertiary/aromatic N) is 1. The Kier molecular flexibility index (Phi) is 7.34. The first-order valence-electron chi connectivity index (χ1n) is 10.9. The lowest BCUT2D eigenvalue weighted by Gasteiger charge is -2.21. The molecule has 1 unspecified atom stereocenters. The quantitative estimate of drug-likeness (QED) is 0.228. The monoisotopic (exact) mass is 473 g/mol. The molecule has 180 valence electrons. The fourth-order valence-electron chi connectivity index (χ4n) is 3.60. The number of hydrogen-bond acceptors (Lipinski definition) is 3. The highest BCUT2D eigenvalue weighted by atomic mass is 19.2. The Morgan fingerprint density at radius 1 is 0.941 bits per heavy atom. The van der Waals surface area contributed by atoms with E-state index in [2.05, 4.69) is 30.5 Å². The van der Waals surface area contributed by atoms with E-state index in [-0.39, 0.29) is 29.3 Å². The van der Waals surface area contributed by atoms with Crippen molar-refractivity contribution >= 4 is 11.9 Å². The van der Waals surface area contributed by atoms with Gasteiger partial charge in [0.2, 0.25) is 11.6 Å². The molecule has 0 aromatic heterocycles. The fourth-order valence-corrected chi connectivity index (χ4v) is 3.60. The van der Waals surface area contributed by atoms with Crippen LogP contribution in [0.2, 0.25) is 0 Å². The van der Waals surface area contributed by atoms with E-state index in [1.54, 1.807) is 12.1 Å². The normalized spacial score (nSPS) is 12.9. The van der Waals surface area contributed by atoms with Crippen molar-refractivity contribution in [3.05, 3.63) is 88.0 Å². The van der Waals surface area contributed by atoms with Crippen LogP contribution in [-0.4, -0.2) is 17.9 Å². The minimum absolute atomic E-state index is 0.00461. The molecule has 0 radical (unpaired) electrons. The second-order valence-corrected chi connectivity index (χ2v) is 9.00. The number of para-hydroxylation sites is 1. The van der Waals surface area contributed by atoms with E-state index >= 15 is 0 Å². The van der Waals surface area contributed by atoms with Gasteiger partial charge in [0.25, 0.3) is 0 Å². The largest absolute Gasteiger partial charge is 0.507 e. The highest BCUT2D eigenvalue weighted by Gasteiger charge is 2.26. The van der Waals surface area contributed by atoms with Crippen LogP contribution in [0.5, 0.6) is 11.5 Å². The number of rotatable bonds is 6. The molecule has 0 saturated heterocycles. The first kappa shape index (κ1) is 25.3. The maximum absolute atomic E-state index is 14.3. The Morgan fingerprint density at radius 3 is 2.06 bits per heavy atom. The molecule has 0 aliphatic carbocycles. The van der Waals surface area contributed by atoms with E-state index in [1.165, 1.54) is 18.6 Å². The number of aliphatic imine (C=N–C) groups is 1. The smallest absolute Gasteiger partial charge is 0.206 e. The topological polar surface area (TPSA) is 41.8 Å². The molecule has 0 saturated carbocycles. The molecular formula is C27H27F4NO2. The Bertz CT molecular complexity index is 1190. The van der Waals surface area contributed by atoms with Crippen LogP contribution < -0.4 is 4.74 Å². The van der Waals surface area contributed by atoms with Gasteiger partial charge in [-0.1, -0.05) is 64.1 Å². The molecule has 0 amide bonds. The van der Waals surface area contributed by atoms with Gasteiger partial charge in [-0.25, -0.2) is 13.8 Å². The van der Waals surface area contributed by atoms with Crippen LogP contribution in [-0.2, 0) is 5.41 Å². The summed E-state index contributed by atoms with van der Waals surface area (Å²) >= 11 is 0. The second kappa shape index (κ2) is 9.87. The van der Waals surface area contributed by atoms with Gasteiger partial charge in [0.15, 0.2) is 17.4 Å². The van der Waals surface area contributed by atoms with Gasteiger partial charge in [0.1, 0.15) is 11.4 Å². The molecule has 0 aliphatic rings. The molecule has 3 aromatic carbocycles. The molecule has 0 bridgehead atoms. The standard InChI is InChI=1S/C27H27F4NO2/c1-6-34-26-22(30)20(28)24(21(29)23(26)31)32-14-17-8-7-9-19(25(17)33)15(2)16-10-12-18(13-11-16)27(3,4)5/h7-15,33H,6H2,1-5H3. The summed E-state index contributed by atoms with van der Waals surface area (Å²) in [6, 6.07) is 12.9. The third-order valence-corrected chi connectivity index (χ3v) is 5.66. The van der Waals surface area contributed by atoms with E-state index < -0.39 is 34.7 Å². The molecule has 0 fully saturated rings. The van der Waals surface area contributed by atoms with Gasteiger partial charge in [-0.15, -0.1) is 0 Å². The summed E-state index contributed by atoms with van der Waals surface area (Å²) in [5.41, 5.74) is 1.71. The summed E-state index contributed by atoms with van der Waals surface area (Å²) in [5, 5.41) is 10.8. The van der Waals surface area contributed by atoms with E-state index in [4.69, 9.17) is 0 Å². The molecule has 3 aromatic rings. The number of benzene rings is 3. The first-order valence-corrected chi connectivity index (χ1v) is 10.9. The van der Waals surface area contributed by atoms with Crippen molar-refractivity contribution < 1.29 is 27.4 Å². The van der Waals surface area contributed by atoms with Gasteiger partial charge in [-0.05, 0) is 29.5 Å². The molecule has 3 rings (SSSR count). The fraction of sp³-hybridized carbons (Fsp3) is 0.296. The van der Waals surface area contributed by atoms with E-state index in [0.29, 0.717) is 5.56 Å². The van der Waals surface area contributed by atoms with Crippen LogP contribution in [0.15, 0.2) is 47.5 Å². The SMILES string of the molecule is CCOc1c(F)c(F)c(N=Cc2cccc(C(C)c3ccc(C(C)(C)C)cc3)c2O)c(F)c1F. The maximum Gasteiger partial charge on any atom is 0.206 e. The summed E-state index contributed by atoms with van der Waals surface area (Å²) < 4.78 is 61.6. The van der Waals surface area contributed by atoms with Gasteiger partial charge in [-0.3, -0.25) is 0 Å². The molecule has 1 atom stereocenters. The maximum atomic E-state index is 14.3. The number of ether oxygens (including phenoxy) is 1. The van der Waals surface area contributed by atoms with E-state index in [9.17, 15) is 22.7 Å². The van der Waals surface area contributed by atoms with Gasteiger partial charge in [0, 0.05) is 23.3 Å². The number of phenolic OH excluding ortho intramolecular Hbond substituents is 1. The predicted molar refractivity (Wildman–Crippen MR) is 125 cm³/mol. The van der Waals surface area contributed by atoms with Crippen LogP contribution in [0.25, 0.3) is 0 Å². The zero-order valence-electron chi connectivity index (χ0n) is 19.7. The van der Waals surface area contributed by atoms with Crippen LogP contribution in [0.3, 0.4) is 0 Å². The average molecular weight is 474 g/mol. The third-order valence-electron chi connectivity index (χ3n) is 5.66. The van der Waals surface area contributed by atoms with Crippen molar-refractivity contribution in [3.8, 4) is 11.5 Å². The number of hydrogen-bond donors (Lipinski definition) is 1. The minimum atomic E-state index is -1.68. The minimum Gasteiger partial charge on any atom is -0.507 e. The third kappa shape index (κ3) is 4.93. The lowest BCUT2D eigenvalue weighted by atomic mass is 9.84. The van der Waals surface area contributed by atoms with Gasteiger partial charge in [-0.2, -0.15) is 8.78 Å². The highest BCUT2D eigenvalue weighted by Crippen LogP contribution is 2.36. The zero-order valence-corrected chi connectivity index (χ0v) is 19.7. The van der Waals surface area contributed by atoms with Crippen molar-refractivity contribution in [2.24, 2.45) is 4.99 Å². The van der Waals surface area contributed by atoms with Crippen molar-refractivity contribution in [1.82, 2.24) is 0 Å². The van der Waals surface area contributed by atoms with Crippen molar-refractivity contribution in [2.45, 2.75) is 46.0 Å². The van der Waals surface area contributed by atoms with Crippen molar-refractivity contribution in [2.75, 3.05) is 6.61 Å². The Hall–Kier alpha value is -3.35. The van der Waals surface area contributed by atoms with Crippen molar-refractivity contribution in [3.63, 3.8) is 0 Å². The highest BCUT2D eigenvalue weighted by molar-refractivity contribution is 5.86. The molecule has 0 aliphatic heterocycles. The summed E-state index contributed by atoms with van der Waals surface area (Å²) in [4.78, 5) is 3.60. The second-order valence-electron chi connectivity index (χ2n) is 9.00. The lowest BCUT2D eigenvalue weighted by molar-refractivity contribution is 0.287. The summed E-state index contributed by atoms with van der Waals surface area (Å²) in [7, 11) is 0. The lowest BCUT2D eigenvalue weighted by Crippen LogP contribution is -2.11. The summed E-state index contributed by atoms with van der Waals surface area (Å²) in [6.07, 6.45) is 0.967.